The molecule has 0 atom stereocenters. The maximum Gasteiger partial charge on any atom is 0.269 e. The van der Waals surface area contributed by atoms with E-state index in [-0.39, 0.29) is 18.9 Å². The summed E-state index contributed by atoms with van der Waals surface area (Å²) in [4.78, 5) is 12.3. The molecule has 2 N–H and O–H groups in total. The summed E-state index contributed by atoms with van der Waals surface area (Å²) in [6.45, 7) is 4.62. The van der Waals surface area contributed by atoms with Crippen molar-refractivity contribution in [3.63, 3.8) is 0 Å². The average molecular weight is 507 g/mol. The normalized spacial score (nSPS) is 11.3. The number of azo groups is 1. The van der Waals surface area contributed by atoms with Crippen LogP contribution in [-0.2, 0) is 18.9 Å². The Morgan fingerprint density at radius 3 is 1.61 bits per heavy atom. The van der Waals surface area contributed by atoms with Gasteiger partial charge in [0.2, 0.25) is 0 Å². The van der Waals surface area contributed by atoms with Crippen molar-refractivity contribution < 1.29 is 34.1 Å². The number of ether oxygens (including phenoxy) is 4. The Morgan fingerprint density at radius 2 is 1.14 bits per heavy atom. The highest BCUT2D eigenvalue weighted by Crippen LogP contribution is 2.23. The van der Waals surface area contributed by atoms with Crippen LogP contribution in [0.3, 0.4) is 0 Å². The van der Waals surface area contributed by atoms with Crippen molar-refractivity contribution in [3.05, 3.63) is 58.6 Å². The maximum absolute atomic E-state index is 10.7. The summed E-state index contributed by atoms with van der Waals surface area (Å²) in [7, 11) is 0. The first-order valence-corrected chi connectivity index (χ1v) is 11.7. The predicted octanol–water partition coefficient (Wildman–Crippen LogP) is 2.87. The first-order chi connectivity index (χ1) is 17.6. The van der Waals surface area contributed by atoms with Gasteiger partial charge in [0.1, 0.15) is 0 Å². The van der Waals surface area contributed by atoms with E-state index in [1.807, 2.05) is 29.2 Å². The minimum absolute atomic E-state index is 0.00130. The molecular formula is C24H34N4O8. The number of hydrogen-bond donors (Lipinski definition) is 2. The molecule has 0 aromatic heterocycles. The summed E-state index contributed by atoms with van der Waals surface area (Å²) in [5.74, 6) is 0. The van der Waals surface area contributed by atoms with E-state index in [4.69, 9.17) is 24.1 Å². The van der Waals surface area contributed by atoms with Gasteiger partial charge in [-0.1, -0.05) is 0 Å². The van der Waals surface area contributed by atoms with Crippen LogP contribution in [-0.4, -0.2) is 94.3 Å². The lowest BCUT2D eigenvalue weighted by Gasteiger charge is -2.24. The summed E-state index contributed by atoms with van der Waals surface area (Å²) in [5.41, 5.74) is 2.07. The van der Waals surface area contributed by atoms with Crippen molar-refractivity contribution in [1.82, 2.24) is 0 Å². The Labute approximate surface area is 210 Å². The lowest BCUT2D eigenvalue weighted by Crippen LogP contribution is -2.30. The van der Waals surface area contributed by atoms with E-state index in [0.717, 1.165) is 5.69 Å². The highest BCUT2D eigenvalue weighted by atomic mass is 16.6. The highest BCUT2D eigenvalue weighted by molar-refractivity contribution is 5.53. The van der Waals surface area contributed by atoms with Crippen molar-refractivity contribution >= 4 is 22.7 Å². The van der Waals surface area contributed by atoms with Crippen LogP contribution in [0.5, 0.6) is 0 Å². The van der Waals surface area contributed by atoms with Crippen molar-refractivity contribution in [1.29, 1.82) is 0 Å². The first-order valence-electron chi connectivity index (χ1n) is 11.7. The van der Waals surface area contributed by atoms with Gasteiger partial charge < -0.3 is 34.1 Å². The third kappa shape index (κ3) is 12.1. The molecule has 0 heterocycles. The molecule has 0 saturated heterocycles. The summed E-state index contributed by atoms with van der Waals surface area (Å²) >= 11 is 0. The number of aliphatic hydroxyl groups excluding tert-OH is 2. The van der Waals surface area contributed by atoms with E-state index in [0.29, 0.717) is 77.3 Å². The Morgan fingerprint density at radius 1 is 0.667 bits per heavy atom. The number of aliphatic hydroxyl groups is 2. The lowest BCUT2D eigenvalue weighted by molar-refractivity contribution is -0.384. The molecule has 0 aliphatic heterocycles. The fourth-order valence-electron chi connectivity index (χ4n) is 2.98. The second-order valence-electron chi connectivity index (χ2n) is 7.37. The Bertz CT molecular complexity index is 881. The van der Waals surface area contributed by atoms with Gasteiger partial charge in [0.25, 0.3) is 5.69 Å². The zero-order chi connectivity index (χ0) is 25.8. The predicted molar refractivity (Wildman–Crippen MR) is 133 cm³/mol. The second-order valence-corrected chi connectivity index (χ2v) is 7.37. The van der Waals surface area contributed by atoms with Crippen LogP contribution in [0.2, 0.25) is 0 Å². The van der Waals surface area contributed by atoms with Gasteiger partial charge in [-0.15, -0.1) is 0 Å². The molecule has 0 spiro atoms. The van der Waals surface area contributed by atoms with Gasteiger partial charge in [-0.2, -0.15) is 10.2 Å². The molecule has 0 fully saturated rings. The molecule has 12 nitrogen and oxygen atoms in total. The standard InChI is InChI=1S/C24H34N4O8/c29-11-9-27(10-13-33-15-17-35-19-20-36-18-16-34-14-12-30)23-5-1-21(2-6-23)25-26-22-3-7-24(8-4-22)28(31)32/h1-8,29-30H,9-20H2. The van der Waals surface area contributed by atoms with E-state index < -0.39 is 4.92 Å². The maximum atomic E-state index is 10.7. The van der Waals surface area contributed by atoms with E-state index in [1.54, 1.807) is 0 Å². The first kappa shape index (κ1) is 29.2. The van der Waals surface area contributed by atoms with E-state index in [1.165, 1.54) is 24.3 Å². The molecule has 2 rings (SSSR count). The van der Waals surface area contributed by atoms with E-state index >= 15 is 0 Å². The quantitative estimate of drug-likeness (QED) is 0.120. The number of nitro groups is 1. The van der Waals surface area contributed by atoms with Crippen LogP contribution < -0.4 is 4.90 Å². The molecule has 36 heavy (non-hydrogen) atoms. The van der Waals surface area contributed by atoms with Crippen LogP contribution in [0.1, 0.15) is 0 Å². The topological polar surface area (TPSA) is 148 Å². The van der Waals surface area contributed by atoms with Gasteiger partial charge in [0.15, 0.2) is 0 Å². The average Bonchev–Trinajstić information content (AvgIpc) is 2.90. The summed E-state index contributed by atoms with van der Waals surface area (Å²) in [5, 5.41) is 37.0. The molecule has 0 radical (unpaired) electrons. The molecule has 2 aromatic carbocycles. The number of anilines is 1. The highest BCUT2D eigenvalue weighted by Gasteiger charge is 2.07. The van der Waals surface area contributed by atoms with Gasteiger partial charge in [-0.05, 0) is 36.4 Å². The number of nitro benzene ring substituents is 1. The molecule has 198 valence electrons. The molecule has 0 bridgehead atoms. The number of nitrogens with zero attached hydrogens (tertiary/aromatic N) is 4. The fourth-order valence-corrected chi connectivity index (χ4v) is 2.98. The largest absolute Gasteiger partial charge is 0.395 e. The molecule has 0 aliphatic carbocycles. The number of rotatable bonds is 20. The minimum Gasteiger partial charge on any atom is -0.395 e. The Hall–Kier alpha value is -3.00. The fraction of sp³-hybridized carbons (Fsp3) is 0.500. The van der Waals surface area contributed by atoms with Crippen LogP contribution in [0.15, 0.2) is 58.8 Å². The van der Waals surface area contributed by atoms with Crippen LogP contribution >= 0.6 is 0 Å². The SMILES string of the molecule is O=[N+]([O-])c1ccc(N=Nc2ccc(N(CCO)CCOCCOCCOCCOCCO)cc2)cc1. The molecule has 0 amide bonds. The second kappa shape index (κ2) is 18.3. The zero-order valence-corrected chi connectivity index (χ0v) is 20.2. The number of hydrogen-bond acceptors (Lipinski definition) is 11. The lowest BCUT2D eigenvalue weighted by atomic mass is 10.2. The third-order valence-electron chi connectivity index (χ3n) is 4.78. The molecule has 0 unspecified atom stereocenters. The van der Waals surface area contributed by atoms with Crippen LogP contribution in [0.25, 0.3) is 0 Å². The zero-order valence-electron chi connectivity index (χ0n) is 20.2. The van der Waals surface area contributed by atoms with Gasteiger partial charge >= 0.3 is 0 Å². The van der Waals surface area contributed by atoms with Gasteiger partial charge in [-0.25, -0.2) is 0 Å². The van der Waals surface area contributed by atoms with Crippen molar-refractivity contribution in [2.75, 3.05) is 84.1 Å². The monoisotopic (exact) mass is 506 g/mol. The van der Waals surface area contributed by atoms with Crippen LogP contribution in [0, 0.1) is 10.1 Å². The summed E-state index contributed by atoms with van der Waals surface area (Å²) in [6.07, 6.45) is 0. The minimum atomic E-state index is -0.463. The Kier molecular flexibility index (Phi) is 14.9. The number of non-ortho nitro benzene ring substituents is 1. The smallest absolute Gasteiger partial charge is 0.269 e. The van der Waals surface area contributed by atoms with Crippen molar-refractivity contribution in [3.8, 4) is 0 Å². The molecule has 0 saturated carbocycles. The number of benzene rings is 2. The Balaban J connectivity index is 1.65. The molecule has 0 aliphatic rings. The van der Waals surface area contributed by atoms with Crippen LogP contribution in [0.4, 0.5) is 22.7 Å². The molecule has 2 aromatic rings. The van der Waals surface area contributed by atoms with Crippen molar-refractivity contribution in [2.24, 2.45) is 10.2 Å². The van der Waals surface area contributed by atoms with Gasteiger partial charge in [0.05, 0.1) is 82.4 Å². The summed E-state index contributed by atoms with van der Waals surface area (Å²) < 4.78 is 21.5. The van der Waals surface area contributed by atoms with E-state index in [9.17, 15) is 15.2 Å². The summed E-state index contributed by atoms with van der Waals surface area (Å²) in [6, 6.07) is 13.2. The third-order valence-corrected chi connectivity index (χ3v) is 4.78. The van der Waals surface area contributed by atoms with Gasteiger partial charge in [-0.3, -0.25) is 10.1 Å². The molecule has 12 heteroatoms. The van der Waals surface area contributed by atoms with E-state index in [2.05, 4.69) is 10.2 Å². The van der Waals surface area contributed by atoms with Gasteiger partial charge in [0, 0.05) is 30.9 Å². The molecular weight excluding hydrogens is 472 g/mol. The van der Waals surface area contributed by atoms with Crippen molar-refractivity contribution in [2.45, 2.75) is 0 Å².